The number of rotatable bonds is 1. The molecule has 2 rings (SSSR count). The number of aliphatic hydroxyl groups excluding tert-OH is 1. The Morgan fingerprint density at radius 1 is 1.17 bits per heavy atom. The standard InChI is InChI=1S/C9H18N2O/c1-10-6-9(12)7-11(10)8-4-2-3-5-8/h8-9,12H,2-7H2,1H3. The molecule has 0 spiro atoms. The van der Waals surface area contributed by atoms with Gasteiger partial charge < -0.3 is 5.11 Å². The molecule has 0 aromatic rings. The third-order valence-electron chi connectivity index (χ3n) is 3.06. The zero-order valence-corrected chi connectivity index (χ0v) is 7.74. The predicted octanol–water partition coefficient (Wildman–Crippen LogP) is 0.452. The van der Waals surface area contributed by atoms with Crippen molar-refractivity contribution < 1.29 is 5.11 Å². The third-order valence-corrected chi connectivity index (χ3v) is 3.06. The van der Waals surface area contributed by atoms with Crippen LogP contribution < -0.4 is 0 Å². The maximum Gasteiger partial charge on any atom is 0.0822 e. The summed E-state index contributed by atoms with van der Waals surface area (Å²) in [6, 6.07) is 0.715. The lowest BCUT2D eigenvalue weighted by molar-refractivity contribution is 0.0121. The average molecular weight is 170 g/mol. The number of aliphatic hydroxyl groups is 1. The Kier molecular flexibility index (Phi) is 2.35. The second-order valence-corrected chi connectivity index (χ2v) is 4.05. The van der Waals surface area contributed by atoms with E-state index in [2.05, 4.69) is 17.1 Å². The highest BCUT2D eigenvalue weighted by atomic mass is 16.3. The molecular formula is C9H18N2O. The Labute approximate surface area is 73.9 Å². The molecule has 0 amide bonds. The molecule has 3 nitrogen and oxygen atoms in total. The second-order valence-electron chi connectivity index (χ2n) is 4.05. The van der Waals surface area contributed by atoms with Gasteiger partial charge in [-0.1, -0.05) is 12.8 Å². The number of hydrogen-bond donors (Lipinski definition) is 1. The van der Waals surface area contributed by atoms with E-state index in [-0.39, 0.29) is 6.10 Å². The van der Waals surface area contributed by atoms with E-state index in [4.69, 9.17) is 0 Å². The highest BCUT2D eigenvalue weighted by Crippen LogP contribution is 2.26. The molecule has 0 bridgehead atoms. The highest BCUT2D eigenvalue weighted by Gasteiger charge is 2.32. The fraction of sp³-hybridized carbons (Fsp3) is 1.00. The molecular weight excluding hydrogens is 152 g/mol. The molecule has 3 heteroatoms. The maximum atomic E-state index is 9.45. The SMILES string of the molecule is CN1CC(O)CN1C1CCCC1. The van der Waals surface area contributed by atoms with E-state index in [0.29, 0.717) is 6.04 Å². The first-order valence-electron chi connectivity index (χ1n) is 4.93. The lowest BCUT2D eigenvalue weighted by atomic mass is 10.2. The zero-order chi connectivity index (χ0) is 8.55. The van der Waals surface area contributed by atoms with Crippen molar-refractivity contribution in [2.24, 2.45) is 0 Å². The van der Waals surface area contributed by atoms with Gasteiger partial charge in [-0.3, -0.25) is 0 Å². The number of hydrazine groups is 1. The van der Waals surface area contributed by atoms with E-state index in [1.54, 1.807) is 0 Å². The first kappa shape index (κ1) is 8.48. The van der Waals surface area contributed by atoms with Crippen molar-refractivity contribution in [2.45, 2.75) is 37.8 Å². The van der Waals surface area contributed by atoms with Crippen LogP contribution in [0.4, 0.5) is 0 Å². The molecule has 0 radical (unpaired) electrons. The van der Waals surface area contributed by atoms with Gasteiger partial charge in [0.05, 0.1) is 6.10 Å². The van der Waals surface area contributed by atoms with Crippen molar-refractivity contribution in [1.29, 1.82) is 0 Å². The molecule has 1 aliphatic heterocycles. The van der Waals surface area contributed by atoms with Gasteiger partial charge in [-0.05, 0) is 12.8 Å². The van der Waals surface area contributed by atoms with Crippen LogP contribution in [0.1, 0.15) is 25.7 Å². The van der Waals surface area contributed by atoms with Crippen molar-refractivity contribution in [3.63, 3.8) is 0 Å². The molecule has 70 valence electrons. The minimum atomic E-state index is -0.129. The lowest BCUT2D eigenvalue weighted by Gasteiger charge is -2.29. The van der Waals surface area contributed by atoms with Gasteiger partial charge in [-0.15, -0.1) is 0 Å². The Hall–Kier alpha value is -0.120. The van der Waals surface area contributed by atoms with Crippen LogP contribution in [0, 0.1) is 0 Å². The van der Waals surface area contributed by atoms with E-state index < -0.39 is 0 Å². The Morgan fingerprint density at radius 3 is 2.33 bits per heavy atom. The van der Waals surface area contributed by atoms with Gasteiger partial charge in [0.15, 0.2) is 0 Å². The van der Waals surface area contributed by atoms with Crippen molar-refractivity contribution in [1.82, 2.24) is 10.0 Å². The van der Waals surface area contributed by atoms with Crippen LogP contribution >= 0.6 is 0 Å². The molecule has 0 aromatic carbocycles. The third kappa shape index (κ3) is 1.49. The Balaban J connectivity index is 1.94. The number of likely N-dealkylation sites (N-methyl/N-ethyl adjacent to an activating group) is 1. The normalized spacial score (nSPS) is 35.0. The quantitative estimate of drug-likeness (QED) is 0.619. The molecule has 2 aliphatic rings. The van der Waals surface area contributed by atoms with Crippen LogP contribution in [0.3, 0.4) is 0 Å². The summed E-state index contributed by atoms with van der Waals surface area (Å²) in [5, 5.41) is 14.0. The van der Waals surface area contributed by atoms with E-state index >= 15 is 0 Å². The van der Waals surface area contributed by atoms with E-state index in [0.717, 1.165) is 13.1 Å². The number of hydrogen-bond acceptors (Lipinski definition) is 3. The van der Waals surface area contributed by atoms with Crippen molar-refractivity contribution in [3.8, 4) is 0 Å². The molecule has 1 N–H and O–H groups in total. The molecule has 1 saturated carbocycles. The van der Waals surface area contributed by atoms with Gasteiger partial charge in [0.25, 0.3) is 0 Å². The van der Waals surface area contributed by atoms with Gasteiger partial charge in [-0.25, -0.2) is 10.0 Å². The van der Waals surface area contributed by atoms with Crippen LogP contribution in [0.15, 0.2) is 0 Å². The minimum absolute atomic E-state index is 0.129. The van der Waals surface area contributed by atoms with Crippen LogP contribution in [-0.4, -0.2) is 47.4 Å². The summed E-state index contributed by atoms with van der Waals surface area (Å²) in [5.41, 5.74) is 0. The Bertz CT molecular complexity index is 157. The largest absolute Gasteiger partial charge is 0.390 e. The average Bonchev–Trinajstić information content (AvgIpc) is 2.58. The van der Waals surface area contributed by atoms with Crippen molar-refractivity contribution >= 4 is 0 Å². The van der Waals surface area contributed by atoms with Gasteiger partial charge in [-0.2, -0.15) is 0 Å². The zero-order valence-electron chi connectivity index (χ0n) is 7.74. The Morgan fingerprint density at radius 2 is 1.83 bits per heavy atom. The molecule has 12 heavy (non-hydrogen) atoms. The fourth-order valence-electron chi connectivity index (χ4n) is 2.45. The summed E-state index contributed by atoms with van der Waals surface area (Å²) in [4.78, 5) is 0. The molecule has 1 aliphatic carbocycles. The molecule has 1 unspecified atom stereocenters. The lowest BCUT2D eigenvalue weighted by Crippen LogP contribution is -2.40. The molecule has 1 heterocycles. The second kappa shape index (κ2) is 3.32. The van der Waals surface area contributed by atoms with Gasteiger partial charge >= 0.3 is 0 Å². The van der Waals surface area contributed by atoms with E-state index in [9.17, 15) is 5.11 Å². The highest BCUT2D eigenvalue weighted by molar-refractivity contribution is 4.82. The minimum Gasteiger partial charge on any atom is -0.390 e. The molecule has 1 saturated heterocycles. The van der Waals surface area contributed by atoms with Gasteiger partial charge in [0, 0.05) is 26.2 Å². The molecule has 2 fully saturated rings. The van der Waals surface area contributed by atoms with E-state index in [1.807, 2.05) is 0 Å². The molecule has 1 atom stereocenters. The van der Waals surface area contributed by atoms with E-state index in [1.165, 1.54) is 25.7 Å². The fourth-order valence-corrected chi connectivity index (χ4v) is 2.45. The summed E-state index contributed by atoms with van der Waals surface area (Å²) in [6.45, 7) is 1.66. The van der Waals surface area contributed by atoms with Crippen molar-refractivity contribution in [2.75, 3.05) is 20.1 Å². The van der Waals surface area contributed by atoms with Crippen LogP contribution in [0.5, 0.6) is 0 Å². The first-order chi connectivity index (χ1) is 5.77. The van der Waals surface area contributed by atoms with Crippen LogP contribution in [0.25, 0.3) is 0 Å². The van der Waals surface area contributed by atoms with Gasteiger partial charge in [0.1, 0.15) is 0 Å². The van der Waals surface area contributed by atoms with Crippen molar-refractivity contribution in [3.05, 3.63) is 0 Å². The summed E-state index contributed by atoms with van der Waals surface area (Å²) in [5.74, 6) is 0. The smallest absolute Gasteiger partial charge is 0.0822 e. The maximum absolute atomic E-state index is 9.45. The summed E-state index contributed by atoms with van der Waals surface area (Å²) in [6.07, 6.45) is 5.24. The number of nitrogens with zero attached hydrogens (tertiary/aromatic N) is 2. The summed E-state index contributed by atoms with van der Waals surface area (Å²) in [7, 11) is 2.08. The summed E-state index contributed by atoms with van der Waals surface area (Å²) >= 11 is 0. The topological polar surface area (TPSA) is 26.7 Å². The number of β-amino-alcohol motifs (C(OH)–C–C–N with tert-alkyl or cyclic N) is 1. The molecule has 0 aromatic heterocycles. The first-order valence-corrected chi connectivity index (χ1v) is 4.93. The van der Waals surface area contributed by atoms with Crippen LogP contribution in [0.2, 0.25) is 0 Å². The predicted molar refractivity (Wildman–Crippen MR) is 47.6 cm³/mol. The summed E-state index contributed by atoms with van der Waals surface area (Å²) < 4.78 is 0. The van der Waals surface area contributed by atoms with Gasteiger partial charge in [0.2, 0.25) is 0 Å². The van der Waals surface area contributed by atoms with Crippen LogP contribution in [-0.2, 0) is 0 Å². The monoisotopic (exact) mass is 170 g/mol.